The molecule has 0 heterocycles. The minimum atomic E-state index is -0.0667. The molecular weight excluding hydrogens is 132 g/mol. The summed E-state index contributed by atoms with van der Waals surface area (Å²) >= 11 is 1.52. The average Bonchev–Trinajstić information content (AvgIpc) is 1.91. The second-order valence-electron chi connectivity index (χ2n) is 1.46. The Morgan fingerprint density at radius 3 is 2.56 bits per heavy atom. The summed E-state index contributed by atoms with van der Waals surface area (Å²) < 4.78 is 0. The van der Waals surface area contributed by atoms with Crippen molar-refractivity contribution in [2.45, 2.75) is 5.25 Å². The topological polar surface area (TPSA) is 17.1 Å². The van der Waals surface area contributed by atoms with E-state index in [0.29, 0.717) is 0 Å². The van der Waals surface area contributed by atoms with Gasteiger partial charge >= 0.3 is 0 Å². The zero-order valence-electron chi connectivity index (χ0n) is 5.25. The van der Waals surface area contributed by atoms with E-state index in [1.165, 1.54) is 11.8 Å². The minimum Gasteiger partial charge on any atom is -0.302 e. The summed E-state index contributed by atoms with van der Waals surface area (Å²) in [5.41, 5.74) is 0. The molecule has 0 saturated carbocycles. The largest absolute Gasteiger partial charge is 0.302 e. The van der Waals surface area contributed by atoms with Gasteiger partial charge in [-0.05, 0) is 0 Å². The second kappa shape index (κ2) is 5.63. The molecule has 0 aromatic heterocycles. The highest BCUT2D eigenvalue weighted by Crippen LogP contribution is 2.08. The zero-order valence-corrected chi connectivity index (χ0v) is 6.06. The fraction of sp³-hybridized carbons (Fsp3) is 0.286. The van der Waals surface area contributed by atoms with Gasteiger partial charge in [0.2, 0.25) is 0 Å². The Morgan fingerprint density at radius 1 is 1.56 bits per heavy atom. The van der Waals surface area contributed by atoms with Crippen LogP contribution in [0.2, 0.25) is 0 Å². The molecule has 0 spiro atoms. The molecule has 50 valence electrons. The van der Waals surface area contributed by atoms with Crippen molar-refractivity contribution >= 4 is 18.0 Å². The second-order valence-corrected chi connectivity index (χ2v) is 2.67. The van der Waals surface area contributed by atoms with Gasteiger partial charge in [0.05, 0.1) is 5.25 Å². The highest BCUT2D eigenvalue weighted by atomic mass is 32.2. The monoisotopic (exact) mass is 142 g/mol. The van der Waals surface area contributed by atoms with Gasteiger partial charge in [0.25, 0.3) is 0 Å². The maximum atomic E-state index is 10.1. The van der Waals surface area contributed by atoms with E-state index >= 15 is 0 Å². The first-order valence-corrected chi connectivity index (χ1v) is 3.70. The summed E-state index contributed by atoms with van der Waals surface area (Å²) in [4.78, 5) is 10.1. The van der Waals surface area contributed by atoms with Crippen LogP contribution in [0.3, 0.4) is 0 Å². The molecule has 1 atom stereocenters. The van der Waals surface area contributed by atoms with Gasteiger partial charge in [-0.3, -0.25) is 0 Å². The Morgan fingerprint density at radius 2 is 2.22 bits per heavy atom. The molecule has 0 aromatic rings. The third-order valence-electron chi connectivity index (χ3n) is 0.773. The molecule has 1 nitrogen and oxygen atoms in total. The Labute approximate surface area is 59.8 Å². The lowest BCUT2D eigenvalue weighted by Gasteiger charge is -1.98. The first-order valence-electron chi connectivity index (χ1n) is 2.65. The van der Waals surface area contributed by atoms with Crippen LogP contribution >= 0.6 is 11.8 Å². The molecule has 0 aliphatic rings. The quantitative estimate of drug-likeness (QED) is 0.429. The van der Waals surface area contributed by atoms with E-state index in [-0.39, 0.29) is 5.25 Å². The maximum Gasteiger partial charge on any atom is 0.136 e. The zero-order chi connectivity index (χ0) is 7.11. The van der Waals surface area contributed by atoms with Gasteiger partial charge in [-0.15, -0.1) is 24.9 Å². The molecule has 0 aliphatic heterocycles. The summed E-state index contributed by atoms with van der Waals surface area (Å²) in [6.45, 7) is 7.03. The van der Waals surface area contributed by atoms with Crippen molar-refractivity contribution in [1.29, 1.82) is 0 Å². The van der Waals surface area contributed by atoms with Crippen LogP contribution in [-0.4, -0.2) is 17.3 Å². The van der Waals surface area contributed by atoms with Crippen LogP contribution in [0.25, 0.3) is 0 Å². The maximum absolute atomic E-state index is 10.1. The lowest BCUT2D eigenvalue weighted by Crippen LogP contribution is -1.98. The number of carbonyl (C=O) groups excluding carboxylic acids is 1. The van der Waals surface area contributed by atoms with E-state index in [9.17, 15) is 4.79 Å². The van der Waals surface area contributed by atoms with Crippen LogP contribution in [0.15, 0.2) is 25.3 Å². The third-order valence-corrected chi connectivity index (χ3v) is 1.89. The van der Waals surface area contributed by atoms with Crippen molar-refractivity contribution in [2.24, 2.45) is 0 Å². The van der Waals surface area contributed by atoms with Crippen molar-refractivity contribution in [1.82, 2.24) is 0 Å². The normalized spacial score (nSPS) is 12.0. The Kier molecular flexibility index (Phi) is 5.32. The van der Waals surface area contributed by atoms with E-state index < -0.39 is 0 Å². The van der Waals surface area contributed by atoms with Gasteiger partial charge in [0, 0.05) is 5.75 Å². The van der Waals surface area contributed by atoms with Crippen LogP contribution in [0.5, 0.6) is 0 Å². The van der Waals surface area contributed by atoms with Gasteiger partial charge in [0.1, 0.15) is 6.29 Å². The molecule has 1 unspecified atom stereocenters. The molecule has 2 heteroatoms. The standard InChI is InChI=1S/C7H10OS/c1-3-5-9-7(4-2)6-8/h3-4,6-7H,1-2,5H2. The summed E-state index contributed by atoms with van der Waals surface area (Å²) in [6.07, 6.45) is 4.27. The minimum absolute atomic E-state index is 0.0667. The molecule has 0 rings (SSSR count). The molecule has 0 bridgehead atoms. The molecule has 0 fully saturated rings. The molecule has 0 radical (unpaired) electrons. The molecule has 0 aliphatic carbocycles. The van der Waals surface area contributed by atoms with Gasteiger partial charge in [0.15, 0.2) is 0 Å². The first kappa shape index (κ1) is 8.50. The molecule has 0 amide bonds. The number of carbonyl (C=O) groups is 1. The van der Waals surface area contributed by atoms with Crippen LogP contribution in [0.4, 0.5) is 0 Å². The predicted octanol–water partition coefficient (Wildman–Crippen LogP) is 1.66. The van der Waals surface area contributed by atoms with Crippen molar-refractivity contribution in [2.75, 3.05) is 5.75 Å². The smallest absolute Gasteiger partial charge is 0.136 e. The van der Waals surface area contributed by atoms with Crippen LogP contribution in [0, 0.1) is 0 Å². The van der Waals surface area contributed by atoms with Crippen LogP contribution in [-0.2, 0) is 4.79 Å². The highest BCUT2D eigenvalue weighted by Gasteiger charge is 1.97. The average molecular weight is 142 g/mol. The predicted molar refractivity (Wildman–Crippen MR) is 42.7 cm³/mol. The van der Waals surface area contributed by atoms with Crippen LogP contribution < -0.4 is 0 Å². The number of hydrogen-bond acceptors (Lipinski definition) is 2. The van der Waals surface area contributed by atoms with Gasteiger partial charge in [-0.25, -0.2) is 0 Å². The number of thioether (sulfide) groups is 1. The number of aldehydes is 1. The van der Waals surface area contributed by atoms with Gasteiger partial charge < -0.3 is 4.79 Å². The molecular formula is C7H10OS. The number of rotatable bonds is 5. The summed E-state index contributed by atoms with van der Waals surface area (Å²) in [7, 11) is 0. The van der Waals surface area contributed by atoms with E-state index in [1.807, 2.05) is 0 Å². The molecule has 0 saturated heterocycles. The van der Waals surface area contributed by atoms with E-state index in [4.69, 9.17) is 0 Å². The highest BCUT2D eigenvalue weighted by molar-refractivity contribution is 8.00. The summed E-state index contributed by atoms with van der Waals surface area (Å²) in [5.74, 6) is 0.801. The van der Waals surface area contributed by atoms with Gasteiger partial charge in [-0.1, -0.05) is 12.2 Å². The van der Waals surface area contributed by atoms with Crippen LogP contribution in [0.1, 0.15) is 0 Å². The molecule has 0 N–H and O–H groups in total. The van der Waals surface area contributed by atoms with E-state index in [2.05, 4.69) is 13.2 Å². The molecule has 9 heavy (non-hydrogen) atoms. The van der Waals surface area contributed by atoms with Crippen molar-refractivity contribution in [3.63, 3.8) is 0 Å². The van der Waals surface area contributed by atoms with Crippen molar-refractivity contribution in [3.8, 4) is 0 Å². The lowest BCUT2D eigenvalue weighted by atomic mass is 10.5. The summed E-state index contributed by atoms with van der Waals surface area (Å²) in [5, 5.41) is -0.0667. The fourth-order valence-corrected chi connectivity index (χ4v) is 0.915. The Balaban J connectivity index is 3.41. The lowest BCUT2D eigenvalue weighted by molar-refractivity contribution is -0.106. The van der Waals surface area contributed by atoms with E-state index in [0.717, 1.165) is 12.0 Å². The Hall–Kier alpha value is -0.500. The first-order chi connectivity index (χ1) is 4.35. The third kappa shape index (κ3) is 4.03. The number of hydrogen-bond donors (Lipinski definition) is 0. The van der Waals surface area contributed by atoms with Crippen molar-refractivity contribution < 1.29 is 4.79 Å². The SMILES string of the molecule is C=CCSC(C=C)C=O. The molecule has 0 aromatic carbocycles. The van der Waals surface area contributed by atoms with Crippen molar-refractivity contribution in [3.05, 3.63) is 25.3 Å². The summed E-state index contributed by atoms with van der Waals surface area (Å²) in [6, 6.07) is 0. The van der Waals surface area contributed by atoms with Gasteiger partial charge in [-0.2, -0.15) is 0 Å². The fourth-order valence-electron chi connectivity index (χ4n) is 0.342. The van der Waals surface area contributed by atoms with E-state index in [1.54, 1.807) is 12.2 Å². The Bertz CT molecular complexity index is 101.